The monoisotopic (exact) mass is 328 g/mol. The average Bonchev–Trinajstić information content (AvgIpc) is 2.89. The van der Waals surface area contributed by atoms with E-state index < -0.39 is 0 Å². The van der Waals surface area contributed by atoms with Crippen molar-refractivity contribution in [1.82, 2.24) is 15.3 Å². The SMILES string of the molecule is CC(CNC(=S)Nc1ncc[nH]1)c1c(Cl)cccc1Cl. The van der Waals surface area contributed by atoms with Crippen LogP contribution in [0.25, 0.3) is 0 Å². The van der Waals surface area contributed by atoms with Gasteiger partial charge >= 0.3 is 0 Å². The molecule has 2 aromatic rings. The van der Waals surface area contributed by atoms with Gasteiger partial charge in [-0.25, -0.2) is 4.98 Å². The van der Waals surface area contributed by atoms with Gasteiger partial charge in [0.1, 0.15) is 0 Å². The van der Waals surface area contributed by atoms with Crippen LogP contribution in [0.4, 0.5) is 5.95 Å². The number of rotatable bonds is 4. The largest absolute Gasteiger partial charge is 0.362 e. The Labute approximate surface area is 132 Å². The lowest BCUT2D eigenvalue weighted by Gasteiger charge is -2.17. The van der Waals surface area contributed by atoms with Crippen LogP contribution in [0, 0.1) is 0 Å². The van der Waals surface area contributed by atoms with Gasteiger partial charge in [0.2, 0.25) is 5.95 Å². The second-order valence-electron chi connectivity index (χ2n) is 4.31. The number of thiocarbonyl (C=S) groups is 1. The predicted molar refractivity (Wildman–Crippen MR) is 87.7 cm³/mol. The fourth-order valence-corrected chi connectivity index (χ4v) is 2.76. The van der Waals surface area contributed by atoms with Crippen LogP contribution in [0.1, 0.15) is 18.4 Å². The Morgan fingerprint density at radius 2 is 2.10 bits per heavy atom. The predicted octanol–water partition coefficient (Wildman–Crippen LogP) is 3.81. The summed E-state index contributed by atoms with van der Waals surface area (Å²) in [5, 5.41) is 7.88. The molecule has 4 nitrogen and oxygen atoms in total. The third-order valence-corrected chi connectivity index (χ3v) is 3.70. The normalized spacial score (nSPS) is 11.9. The van der Waals surface area contributed by atoms with Gasteiger partial charge in [-0.2, -0.15) is 0 Å². The van der Waals surface area contributed by atoms with Crippen LogP contribution >= 0.6 is 35.4 Å². The molecule has 0 aliphatic heterocycles. The van der Waals surface area contributed by atoms with Crippen LogP contribution in [0.2, 0.25) is 10.0 Å². The molecule has 0 aliphatic carbocycles. The maximum absolute atomic E-state index is 6.18. The van der Waals surface area contributed by atoms with Gasteiger partial charge in [-0.05, 0) is 29.9 Å². The number of anilines is 1. The minimum absolute atomic E-state index is 0.132. The standard InChI is InChI=1S/C13H14Cl2N4S/c1-8(11-9(14)3-2-4-10(11)15)7-18-13(20)19-12-16-5-6-17-12/h2-6,8H,7H2,1H3,(H3,16,17,18,19,20). The molecule has 2 rings (SSSR count). The van der Waals surface area contributed by atoms with Crippen molar-refractivity contribution in [1.29, 1.82) is 0 Å². The zero-order valence-electron chi connectivity index (χ0n) is 10.8. The first-order valence-corrected chi connectivity index (χ1v) is 7.22. The van der Waals surface area contributed by atoms with E-state index in [1.54, 1.807) is 12.4 Å². The Hall–Kier alpha value is -1.30. The third kappa shape index (κ3) is 3.85. The first-order chi connectivity index (χ1) is 9.58. The van der Waals surface area contributed by atoms with Crippen molar-refractivity contribution in [2.45, 2.75) is 12.8 Å². The van der Waals surface area contributed by atoms with E-state index >= 15 is 0 Å². The van der Waals surface area contributed by atoms with Crippen molar-refractivity contribution in [2.75, 3.05) is 11.9 Å². The molecule has 106 valence electrons. The van der Waals surface area contributed by atoms with E-state index in [1.807, 2.05) is 25.1 Å². The molecule has 0 saturated heterocycles. The Balaban J connectivity index is 1.92. The summed E-state index contributed by atoms with van der Waals surface area (Å²) in [6, 6.07) is 5.49. The van der Waals surface area contributed by atoms with Crippen LogP contribution in [0.15, 0.2) is 30.6 Å². The maximum atomic E-state index is 6.18. The Bertz CT molecular complexity index is 566. The van der Waals surface area contributed by atoms with E-state index in [9.17, 15) is 0 Å². The molecule has 3 N–H and O–H groups in total. The number of nitrogens with zero attached hydrogens (tertiary/aromatic N) is 1. The molecule has 1 heterocycles. The maximum Gasteiger partial charge on any atom is 0.206 e. The van der Waals surface area contributed by atoms with Crippen LogP contribution in [-0.2, 0) is 0 Å². The summed E-state index contributed by atoms with van der Waals surface area (Å²) in [6.45, 7) is 2.66. The Morgan fingerprint density at radius 3 is 2.70 bits per heavy atom. The van der Waals surface area contributed by atoms with E-state index in [4.69, 9.17) is 35.4 Å². The minimum Gasteiger partial charge on any atom is -0.362 e. The number of halogens is 2. The lowest BCUT2D eigenvalue weighted by Crippen LogP contribution is -2.32. The molecule has 0 radical (unpaired) electrons. The second-order valence-corrected chi connectivity index (χ2v) is 5.53. The van der Waals surface area contributed by atoms with Crippen LogP contribution < -0.4 is 10.6 Å². The van der Waals surface area contributed by atoms with Crippen LogP contribution in [0.3, 0.4) is 0 Å². The molecule has 0 fully saturated rings. The highest BCUT2D eigenvalue weighted by Crippen LogP contribution is 2.30. The van der Waals surface area contributed by atoms with Crippen molar-refractivity contribution in [3.8, 4) is 0 Å². The molecular formula is C13H14Cl2N4S. The lowest BCUT2D eigenvalue weighted by molar-refractivity contribution is 0.723. The summed E-state index contributed by atoms with van der Waals surface area (Å²) in [4.78, 5) is 6.95. The summed E-state index contributed by atoms with van der Waals surface area (Å²) in [5.41, 5.74) is 0.920. The minimum atomic E-state index is 0.132. The lowest BCUT2D eigenvalue weighted by atomic mass is 10.0. The molecule has 1 atom stereocenters. The van der Waals surface area contributed by atoms with E-state index in [0.29, 0.717) is 27.7 Å². The number of aromatic amines is 1. The quantitative estimate of drug-likeness (QED) is 0.747. The smallest absolute Gasteiger partial charge is 0.206 e. The van der Waals surface area contributed by atoms with Crippen LogP contribution in [0.5, 0.6) is 0 Å². The summed E-state index contributed by atoms with van der Waals surface area (Å²) in [5.74, 6) is 0.735. The molecule has 0 spiro atoms. The van der Waals surface area contributed by atoms with E-state index in [1.165, 1.54) is 0 Å². The highest BCUT2D eigenvalue weighted by Gasteiger charge is 2.13. The molecule has 0 amide bonds. The second kappa shape index (κ2) is 6.92. The van der Waals surface area contributed by atoms with E-state index in [-0.39, 0.29) is 5.92 Å². The Kier molecular flexibility index (Phi) is 5.23. The zero-order chi connectivity index (χ0) is 14.5. The molecule has 1 aromatic carbocycles. The number of hydrogen-bond acceptors (Lipinski definition) is 2. The number of imidazole rings is 1. The molecule has 0 aliphatic rings. The van der Waals surface area contributed by atoms with Gasteiger partial charge in [-0.15, -0.1) is 0 Å². The molecule has 0 bridgehead atoms. The highest BCUT2D eigenvalue weighted by atomic mass is 35.5. The summed E-state index contributed by atoms with van der Waals surface area (Å²) >= 11 is 17.5. The van der Waals surface area contributed by atoms with Gasteiger partial charge in [0.25, 0.3) is 0 Å². The van der Waals surface area contributed by atoms with E-state index in [0.717, 1.165) is 5.56 Å². The average molecular weight is 329 g/mol. The van der Waals surface area contributed by atoms with Gasteiger partial charge in [-0.1, -0.05) is 36.2 Å². The molecule has 20 heavy (non-hydrogen) atoms. The van der Waals surface area contributed by atoms with Crippen LogP contribution in [-0.4, -0.2) is 21.6 Å². The van der Waals surface area contributed by atoms with Crippen molar-refractivity contribution in [3.63, 3.8) is 0 Å². The molecule has 7 heteroatoms. The van der Waals surface area contributed by atoms with E-state index in [2.05, 4.69) is 20.6 Å². The van der Waals surface area contributed by atoms with Crippen molar-refractivity contribution < 1.29 is 0 Å². The fourth-order valence-electron chi connectivity index (χ4n) is 1.81. The zero-order valence-corrected chi connectivity index (χ0v) is 13.1. The van der Waals surface area contributed by atoms with Gasteiger partial charge in [0.05, 0.1) is 0 Å². The fraction of sp³-hybridized carbons (Fsp3) is 0.231. The van der Waals surface area contributed by atoms with Gasteiger partial charge < -0.3 is 15.6 Å². The number of nitrogens with one attached hydrogen (secondary N) is 3. The van der Waals surface area contributed by atoms with Crippen molar-refractivity contribution >= 4 is 46.5 Å². The van der Waals surface area contributed by atoms with Crippen molar-refractivity contribution in [3.05, 3.63) is 46.2 Å². The molecule has 0 saturated carbocycles. The number of H-pyrrole nitrogens is 1. The molecule has 1 unspecified atom stereocenters. The third-order valence-electron chi connectivity index (χ3n) is 2.79. The number of hydrogen-bond donors (Lipinski definition) is 3. The summed E-state index contributed by atoms with van der Waals surface area (Å²) in [7, 11) is 0. The summed E-state index contributed by atoms with van der Waals surface area (Å²) in [6.07, 6.45) is 3.37. The van der Waals surface area contributed by atoms with Gasteiger partial charge in [0, 0.05) is 34.9 Å². The first kappa shape index (κ1) is 15.1. The Morgan fingerprint density at radius 1 is 1.40 bits per heavy atom. The van der Waals surface area contributed by atoms with Gasteiger partial charge in [-0.3, -0.25) is 0 Å². The highest BCUT2D eigenvalue weighted by molar-refractivity contribution is 7.80. The topological polar surface area (TPSA) is 52.7 Å². The molecule has 1 aromatic heterocycles. The van der Waals surface area contributed by atoms with Crippen molar-refractivity contribution in [2.24, 2.45) is 0 Å². The number of benzene rings is 1. The number of aromatic nitrogens is 2. The summed E-state index contributed by atoms with van der Waals surface area (Å²) < 4.78 is 0. The van der Waals surface area contributed by atoms with Gasteiger partial charge in [0.15, 0.2) is 5.11 Å². The molecular weight excluding hydrogens is 315 g/mol. The first-order valence-electron chi connectivity index (χ1n) is 6.06.